The topological polar surface area (TPSA) is 56.7 Å². The van der Waals surface area contributed by atoms with Gasteiger partial charge < -0.3 is 10.3 Å². The average molecular weight is 182 g/mol. The molecule has 0 atom stereocenters. The van der Waals surface area contributed by atoms with Crippen molar-refractivity contribution in [2.45, 2.75) is 39.2 Å². The third-order valence-electron chi connectivity index (χ3n) is 2.20. The van der Waals surface area contributed by atoms with Crippen LogP contribution in [0.15, 0.2) is 6.33 Å². The molecular weight excluding hydrogens is 164 g/mol. The first-order chi connectivity index (χ1) is 6.11. The molecule has 74 valence electrons. The van der Waals surface area contributed by atoms with Crippen LogP contribution in [0.4, 0.5) is 0 Å². The van der Waals surface area contributed by atoms with Gasteiger partial charge in [0.1, 0.15) is 12.2 Å². The molecule has 0 saturated heterocycles. The molecule has 4 heteroatoms. The SMILES string of the molecule is CCCn1cnnc1C(C)(C)CN. The lowest BCUT2D eigenvalue weighted by atomic mass is 9.93. The van der Waals surface area contributed by atoms with Crippen LogP contribution in [0.3, 0.4) is 0 Å². The van der Waals surface area contributed by atoms with E-state index >= 15 is 0 Å². The molecule has 4 nitrogen and oxygen atoms in total. The molecule has 2 N–H and O–H groups in total. The second-order valence-electron chi connectivity index (χ2n) is 3.94. The van der Waals surface area contributed by atoms with Gasteiger partial charge in [-0.3, -0.25) is 0 Å². The van der Waals surface area contributed by atoms with Crippen LogP contribution < -0.4 is 5.73 Å². The molecule has 1 aromatic heterocycles. The number of rotatable bonds is 4. The average Bonchev–Trinajstić information content (AvgIpc) is 2.54. The van der Waals surface area contributed by atoms with Gasteiger partial charge >= 0.3 is 0 Å². The highest BCUT2D eigenvalue weighted by atomic mass is 15.3. The number of aromatic nitrogens is 3. The maximum absolute atomic E-state index is 5.68. The van der Waals surface area contributed by atoms with Crippen LogP contribution in [0.5, 0.6) is 0 Å². The first-order valence-electron chi connectivity index (χ1n) is 4.70. The molecule has 13 heavy (non-hydrogen) atoms. The fraction of sp³-hybridized carbons (Fsp3) is 0.778. The Bertz CT molecular complexity index is 264. The summed E-state index contributed by atoms with van der Waals surface area (Å²) in [6.07, 6.45) is 2.86. The maximum atomic E-state index is 5.68. The number of aryl methyl sites for hydroxylation is 1. The third-order valence-corrected chi connectivity index (χ3v) is 2.20. The Kier molecular flexibility index (Phi) is 3.03. The van der Waals surface area contributed by atoms with E-state index in [1.54, 1.807) is 6.33 Å². The molecule has 0 spiro atoms. The second-order valence-corrected chi connectivity index (χ2v) is 3.94. The van der Waals surface area contributed by atoms with Crippen molar-refractivity contribution in [3.05, 3.63) is 12.2 Å². The van der Waals surface area contributed by atoms with Gasteiger partial charge in [-0.2, -0.15) is 0 Å². The first-order valence-corrected chi connectivity index (χ1v) is 4.70. The van der Waals surface area contributed by atoms with E-state index in [4.69, 9.17) is 5.73 Å². The molecule has 0 amide bonds. The minimum atomic E-state index is -0.0777. The van der Waals surface area contributed by atoms with Crippen molar-refractivity contribution in [2.75, 3.05) is 6.54 Å². The third kappa shape index (κ3) is 2.06. The molecule has 0 aliphatic carbocycles. The smallest absolute Gasteiger partial charge is 0.139 e. The molecule has 0 aliphatic rings. The van der Waals surface area contributed by atoms with Crippen LogP contribution in [0.2, 0.25) is 0 Å². The Balaban J connectivity index is 2.93. The highest BCUT2D eigenvalue weighted by molar-refractivity contribution is 5.04. The van der Waals surface area contributed by atoms with Crippen molar-refractivity contribution in [1.82, 2.24) is 14.8 Å². The van der Waals surface area contributed by atoms with E-state index in [1.165, 1.54) is 0 Å². The summed E-state index contributed by atoms with van der Waals surface area (Å²) in [6, 6.07) is 0. The zero-order chi connectivity index (χ0) is 9.90. The largest absolute Gasteiger partial charge is 0.329 e. The van der Waals surface area contributed by atoms with Gasteiger partial charge in [-0.25, -0.2) is 0 Å². The van der Waals surface area contributed by atoms with Crippen molar-refractivity contribution in [3.8, 4) is 0 Å². The normalized spacial score (nSPS) is 12.0. The molecule has 0 radical (unpaired) electrons. The first kappa shape index (κ1) is 10.2. The highest BCUT2D eigenvalue weighted by Gasteiger charge is 2.24. The van der Waals surface area contributed by atoms with Crippen LogP contribution in [0.1, 0.15) is 33.0 Å². The molecule has 1 heterocycles. The van der Waals surface area contributed by atoms with Gasteiger partial charge in [0.05, 0.1) is 0 Å². The Morgan fingerprint density at radius 2 is 2.23 bits per heavy atom. The fourth-order valence-corrected chi connectivity index (χ4v) is 1.27. The lowest BCUT2D eigenvalue weighted by molar-refractivity contribution is 0.464. The molecule has 0 aromatic carbocycles. The van der Waals surface area contributed by atoms with Crippen LogP contribution in [0, 0.1) is 0 Å². The van der Waals surface area contributed by atoms with Crippen LogP contribution in [-0.4, -0.2) is 21.3 Å². The van der Waals surface area contributed by atoms with Crippen molar-refractivity contribution >= 4 is 0 Å². The van der Waals surface area contributed by atoms with Crippen LogP contribution in [0.25, 0.3) is 0 Å². The van der Waals surface area contributed by atoms with E-state index < -0.39 is 0 Å². The lowest BCUT2D eigenvalue weighted by Gasteiger charge is -2.21. The van der Waals surface area contributed by atoms with Crippen molar-refractivity contribution in [2.24, 2.45) is 5.73 Å². The molecule has 0 unspecified atom stereocenters. The van der Waals surface area contributed by atoms with Gasteiger partial charge in [-0.1, -0.05) is 20.8 Å². The summed E-state index contributed by atoms with van der Waals surface area (Å²) < 4.78 is 2.08. The van der Waals surface area contributed by atoms with E-state index in [1.807, 2.05) is 0 Å². The molecule has 0 aliphatic heterocycles. The second kappa shape index (κ2) is 3.87. The number of hydrogen-bond donors (Lipinski definition) is 1. The van der Waals surface area contributed by atoms with Gasteiger partial charge in [-0.15, -0.1) is 10.2 Å². The number of hydrogen-bond acceptors (Lipinski definition) is 3. The minimum Gasteiger partial charge on any atom is -0.329 e. The Morgan fingerprint density at radius 1 is 1.54 bits per heavy atom. The van der Waals surface area contributed by atoms with Gasteiger partial charge in [-0.05, 0) is 6.42 Å². The van der Waals surface area contributed by atoms with Gasteiger partial charge in [0.15, 0.2) is 0 Å². The van der Waals surface area contributed by atoms with Crippen molar-refractivity contribution in [1.29, 1.82) is 0 Å². The molecule has 0 bridgehead atoms. The van der Waals surface area contributed by atoms with Crippen LogP contribution in [-0.2, 0) is 12.0 Å². The molecule has 1 aromatic rings. The highest BCUT2D eigenvalue weighted by Crippen LogP contribution is 2.18. The maximum Gasteiger partial charge on any atom is 0.139 e. The predicted molar refractivity (Wildman–Crippen MR) is 52.4 cm³/mol. The Hall–Kier alpha value is -0.900. The predicted octanol–water partition coefficient (Wildman–Crippen LogP) is 0.924. The van der Waals surface area contributed by atoms with E-state index in [0.29, 0.717) is 6.54 Å². The van der Waals surface area contributed by atoms with E-state index in [2.05, 4.69) is 35.5 Å². The molecular formula is C9H18N4. The lowest BCUT2D eigenvalue weighted by Crippen LogP contribution is -2.31. The minimum absolute atomic E-state index is 0.0777. The van der Waals surface area contributed by atoms with E-state index in [0.717, 1.165) is 18.8 Å². The van der Waals surface area contributed by atoms with Crippen molar-refractivity contribution < 1.29 is 0 Å². The Morgan fingerprint density at radius 3 is 2.77 bits per heavy atom. The monoisotopic (exact) mass is 182 g/mol. The zero-order valence-electron chi connectivity index (χ0n) is 8.62. The number of nitrogens with zero attached hydrogens (tertiary/aromatic N) is 3. The van der Waals surface area contributed by atoms with Gasteiger partial charge in [0.25, 0.3) is 0 Å². The standard InChI is InChI=1S/C9H18N4/c1-4-5-13-7-11-12-8(13)9(2,3)6-10/h7H,4-6,10H2,1-3H3. The van der Waals surface area contributed by atoms with E-state index in [9.17, 15) is 0 Å². The zero-order valence-corrected chi connectivity index (χ0v) is 8.62. The molecule has 1 rings (SSSR count). The quantitative estimate of drug-likeness (QED) is 0.753. The van der Waals surface area contributed by atoms with Gasteiger partial charge in [0.2, 0.25) is 0 Å². The summed E-state index contributed by atoms with van der Waals surface area (Å²) in [6.45, 7) is 7.87. The summed E-state index contributed by atoms with van der Waals surface area (Å²) in [5.74, 6) is 0.983. The van der Waals surface area contributed by atoms with E-state index in [-0.39, 0.29) is 5.41 Å². The summed E-state index contributed by atoms with van der Waals surface area (Å²) in [4.78, 5) is 0. The number of nitrogens with two attached hydrogens (primary N) is 1. The molecule has 0 fully saturated rings. The summed E-state index contributed by atoms with van der Waals surface area (Å²) in [5.41, 5.74) is 5.60. The summed E-state index contributed by atoms with van der Waals surface area (Å²) >= 11 is 0. The van der Waals surface area contributed by atoms with Crippen LogP contribution >= 0.6 is 0 Å². The van der Waals surface area contributed by atoms with Gasteiger partial charge in [0, 0.05) is 18.5 Å². The summed E-state index contributed by atoms with van der Waals surface area (Å²) in [7, 11) is 0. The van der Waals surface area contributed by atoms with Crippen molar-refractivity contribution in [3.63, 3.8) is 0 Å². The Labute approximate surface area is 79.2 Å². The molecule has 0 saturated carbocycles. The summed E-state index contributed by atoms with van der Waals surface area (Å²) in [5, 5.41) is 8.02. The fourth-order valence-electron chi connectivity index (χ4n) is 1.27.